The molecule has 0 spiro atoms. The number of hydrogen-bond acceptors (Lipinski definition) is 6. The molecule has 144 valence electrons. The van der Waals surface area contributed by atoms with Crippen LogP contribution in [0.3, 0.4) is 0 Å². The van der Waals surface area contributed by atoms with Gasteiger partial charge in [0.05, 0.1) is 13.2 Å². The monoisotopic (exact) mass is 359 g/mol. The fourth-order valence-electron chi connectivity index (χ4n) is 4.65. The normalized spacial score (nSPS) is 28.3. The number of morpholine rings is 1. The van der Waals surface area contributed by atoms with Crippen LogP contribution in [0.5, 0.6) is 0 Å². The van der Waals surface area contributed by atoms with Crippen LogP contribution in [0.15, 0.2) is 12.4 Å². The van der Waals surface area contributed by atoms with Crippen molar-refractivity contribution in [1.82, 2.24) is 14.9 Å². The number of aromatic nitrogens is 2. The SMILES string of the molecule is CC1CCCN(c2cc(N3CCCC(CN4CCOCC4)C3)ncn2)C1. The number of hydrogen-bond donors (Lipinski definition) is 0. The zero-order valence-corrected chi connectivity index (χ0v) is 16.1. The molecule has 2 unspecified atom stereocenters. The molecule has 26 heavy (non-hydrogen) atoms. The van der Waals surface area contributed by atoms with Gasteiger partial charge in [-0.05, 0) is 37.5 Å². The lowest BCUT2D eigenvalue weighted by molar-refractivity contribution is 0.0296. The summed E-state index contributed by atoms with van der Waals surface area (Å²) in [5.74, 6) is 3.71. The number of nitrogens with zero attached hydrogens (tertiary/aromatic N) is 5. The van der Waals surface area contributed by atoms with E-state index in [2.05, 4.69) is 37.7 Å². The van der Waals surface area contributed by atoms with Crippen LogP contribution in [0.1, 0.15) is 32.6 Å². The summed E-state index contributed by atoms with van der Waals surface area (Å²) in [5, 5.41) is 0. The molecule has 0 saturated carbocycles. The highest BCUT2D eigenvalue weighted by Gasteiger charge is 2.25. The first-order valence-electron chi connectivity index (χ1n) is 10.4. The van der Waals surface area contributed by atoms with E-state index < -0.39 is 0 Å². The second-order valence-electron chi connectivity index (χ2n) is 8.30. The second-order valence-corrected chi connectivity index (χ2v) is 8.30. The number of piperidine rings is 2. The molecule has 0 radical (unpaired) electrons. The van der Waals surface area contributed by atoms with Gasteiger partial charge in [-0.2, -0.15) is 0 Å². The lowest BCUT2D eigenvalue weighted by atomic mass is 9.97. The van der Waals surface area contributed by atoms with Gasteiger partial charge in [0, 0.05) is 51.9 Å². The predicted molar refractivity (Wildman–Crippen MR) is 105 cm³/mol. The van der Waals surface area contributed by atoms with E-state index in [1.54, 1.807) is 6.33 Å². The van der Waals surface area contributed by atoms with Crippen LogP contribution in [0.4, 0.5) is 11.6 Å². The third kappa shape index (κ3) is 4.46. The summed E-state index contributed by atoms with van der Waals surface area (Å²) < 4.78 is 5.48. The molecule has 6 heteroatoms. The maximum atomic E-state index is 5.48. The second kappa shape index (κ2) is 8.53. The van der Waals surface area contributed by atoms with Crippen molar-refractivity contribution < 1.29 is 4.74 Å². The Morgan fingerprint density at radius 3 is 2.38 bits per heavy atom. The summed E-state index contributed by atoms with van der Waals surface area (Å²) in [4.78, 5) is 16.7. The zero-order chi connectivity index (χ0) is 17.8. The highest BCUT2D eigenvalue weighted by Crippen LogP contribution is 2.26. The Hall–Kier alpha value is -1.40. The van der Waals surface area contributed by atoms with E-state index >= 15 is 0 Å². The van der Waals surface area contributed by atoms with Gasteiger partial charge in [0.25, 0.3) is 0 Å². The van der Waals surface area contributed by atoms with Gasteiger partial charge in [-0.1, -0.05) is 6.92 Å². The lowest BCUT2D eigenvalue weighted by Gasteiger charge is -2.37. The molecule has 4 rings (SSSR count). The molecule has 0 amide bonds. The van der Waals surface area contributed by atoms with Crippen molar-refractivity contribution in [3.63, 3.8) is 0 Å². The number of ether oxygens (including phenoxy) is 1. The summed E-state index contributed by atoms with van der Waals surface area (Å²) in [5.41, 5.74) is 0. The molecular formula is C20H33N5O. The summed E-state index contributed by atoms with van der Waals surface area (Å²) in [6, 6.07) is 2.22. The lowest BCUT2D eigenvalue weighted by Crippen LogP contribution is -2.44. The van der Waals surface area contributed by atoms with Gasteiger partial charge in [0.2, 0.25) is 0 Å². The van der Waals surface area contributed by atoms with Gasteiger partial charge >= 0.3 is 0 Å². The van der Waals surface area contributed by atoms with E-state index in [0.29, 0.717) is 0 Å². The van der Waals surface area contributed by atoms with E-state index in [-0.39, 0.29) is 0 Å². The van der Waals surface area contributed by atoms with Crippen molar-refractivity contribution in [2.24, 2.45) is 11.8 Å². The first-order valence-corrected chi connectivity index (χ1v) is 10.4. The zero-order valence-electron chi connectivity index (χ0n) is 16.1. The molecule has 3 aliphatic heterocycles. The molecule has 3 fully saturated rings. The average molecular weight is 360 g/mol. The van der Waals surface area contributed by atoms with E-state index in [1.165, 1.54) is 32.2 Å². The molecule has 0 aromatic carbocycles. The van der Waals surface area contributed by atoms with Crippen molar-refractivity contribution in [3.05, 3.63) is 12.4 Å². The quantitative estimate of drug-likeness (QED) is 0.822. The highest BCUT2D eigenvalue weighted by molar-refractivity contribution is 5.50. The van der Waals surface area contributed by atoms with Gasteiger partial charge in [-0.25, -0.2) is 9.97 Å². The molecule has 3 saturated heterocycles. The largest absolute Gasteiger partial charge is 0.379 e. The van der Waals surface area contributed by atoms with Crippen molar-refractivity contribution in [1.29, 1.82) is 0 Å². The maximum Gasteiger partial charge on any atom is 0.134 e. The Kier molecular flexibility index (Phi) is 5.90. The molecular weight excluding hydrogens is 326 g/mol. The van der Waals surface area contributed by atoms with E-state index in [0.717, 1.165) is 76.0 Å². The van der Waals surface area contributed by atoms with Crippen molar-refractivity contribution in [2.45, 2.75) is 32.6 Å². The minimum absolute atomic E-state index is 0.732. The van der Waals surface area contributed by atoms with Crippen LogP contribution in [0.2, 0.25) is 0 Å². The topological polar surface area (TPSA) is 44.7 Å². The molecule has 2 atom stereocenters. The maximum absolute atomic E-state index is 5.48. The molecule has 6 nitrogen and oxygen atoms in total. The summed E-state index contributed by atoms with van der Waals surface area (Å²) in [6.07, 6.45) is 6.95. The first-order chi connectivity index (χ1) is 12.8. The third-order valence-electron chi connectivity index (χ3n) is 6.08. The van der Waals surface area contributed by atoms with Crippen LogP contribution >= 0.6 is 0 Å². The van der Waals surface area contributed by atoms with Crippen molar-refractivity contribution in [3.8, 4) is 0 Å². The van der Waals surface area contributed by atoms with Gasteiger partial charge in [0.15, 0.2) is 0 Å². The summed E-state index contributed by atoms with van der Waals surface area (Å²) >= 11 is 0. The van der Waals surface area contributed by atoms with Crippen LogP contribution in [0.25, 0.3) is 0 Å². The Balaban J connectivity index is 1.39. The minimum atomic E-state index is 0.732. The van der Waals surface area contributed by atoms with Crippen LogP contribution in [0, 0.1) is 11.8 Å². The van der Waals surface area contributed by atoms with Crippen molar-refractivity contribution in [2.75, 3.05) is 68.8 Å². The standard InChI is InChI=1S/C20H33N5O/c1-17-4-2-6-24(13-17)19-12-20(22-16-21-19)25-7-3-5-18(15-25)14-23-8-10-26-11-9-23/h12,16-18H,2-11,13-15H2,1H3. The van der Waals surface area contributed by atoms with Crippen LogP contribution in [-0.4, -0.2) is 73.9 Å². The average Bonchev–Trinajstić information content (AvgIpc) is 2.69. The van der Waals surface area contributed by atoms with Crippen molar-refractivity contribution >= 4 is 11.6 Å². The Bertz CT molecular complexity index is 577. The van der Waals surface area contributed by atoms with Gasteiger partial charge in [0.1, 0.15) is 18.0 Å². The number of anilines is 2. The molecule has 1 aromatic rings. The first kappa shape index (κ1) is 18.0. The predicted octanol–water partition coefficient (Wildman–Crippen LogP) is 2.26. The minimum Gasteiger partial charge on any atom is -0.379 e. The molecule has 0 N–H and O–H groups in total. The molecule has 1 aromatic heterocycles. The van der Waals surface area contributed by atoms with Gasteiger partial charge < -0.3 is 14.5 Å². The Morgan fingerprint density at radius 1 is 0.962 bits per heavy atom. The smallest absolute Gasteiger partial charge is 0.134 e. The van der Waals surface area contributed by atoms with E-state index in [4.69, 9.17) is 4.74 Å². The molecule has 0 bridgehead atoms. The van der Waals surface area contributed by atoms with E-state index in [1.807, 2.05) is 0 Å². The van der Waals surface area contributed by atoms with E-state index in [9.17, 15) is 0 Å². The van der Waals surface area contributed by atoms with Crippen LogP contribution in [-0.2, 0) is 4.74 Å². The van der Waals surface area contributed by atoms with Gasteiger partial charge in [-0.3, -0.25) is 4.90 Å². The molecule has 3 aliphatic rings. The Labute approximate surface area is 157 Å². The molecule has 0 aliphatic carbocycles. The Morgan fingerprint density at radius 2 is 1.65 bits per heavy atom. The fraction of sp³-hybridized carbons (Fsp3) is 0.800. The fourth-order valence-corrected chi connectivity index (χ4v) is 4.65. The number of rotatable bonds is 4. The summed E-state index contributed by atoms with van der Waals surface area (Å²) in [7, 11) is 0. The highest BCUT2D eigenvalue weighted by atomic mass is 16.5. The van der Waals surface area contributed by atoms with Crippen LogP contribution < -0.4 is 9.80 Å². The third-order valence-corrected chi connectivity index (χ3v) is 6.08. The summed E-state index contributed by atoms with van der Waals surface area (Å²) in [6.45, 7) is 12.0. The van der Waals surface area contributed by atoms with Gasteiger partial charge in [-0.15, -0.1) is 0 Å². The molecule has 4 heterocycles.